The van der Waals surface area contributed by atoms with Gasteiger partial charge in [0.05, 0.1) is 18.3 Å². The van der Waals surface area contributed by atoms with Gasteiger partial charge in [-0.1, -0.05) is 146 Å². The van der Waals surface area contributed by atoms with Crippen LogP contribution in [-0.2, 0) is 9.47 Å². The summed E-state index contributed by atoms with van der Waals surface area (Å²) in [5.41, 5.74) is 9.59. The van der Waals surface area contributed by atoms with Crippen molar-refractivity contribution < 1.29 is 29.9 Å². The van der Waals surface area contributed by atoms with Gasteiger partial charge in [-0.25, -0.2) is 0 Å². The Balaban J connectivity index is 1.51. The van der Waals surface area contributed by atoms with Crippen molar-refractivity contribution in [2.75, 3.05) is 0 Å². The van der Waals surface area contributed by atoms with E-state index in [1.807, 2.05) is 0 Å². The van der Waals surface area contributed by atoms with Gasteiger partial charge in [-0.15, -0.1) is 0 Å². The van der Waals surface area contributed by atoms with Crippen molar-refractivity contribution in [3.63, 3.8) is 0 Å². The summed E-state index contributed by atoms with van der Waals surface area (Å²) in [5, 5.41) is 40.7. The first-order chi connectivity index (χ1) is 24.3. The predicted molar refractivity (Wildman–Crippen MR) is 215 cm³/mol. The first kappa shape index (κ1) is 43.3. The third-order valence-electron chi connectivity index (χ3n) is 10.4. The average Bonchev–Trinajstić information content (AvgIpc) is 3.03. The second-order valence-electron chi connectivity index (χ2n) is 16.5. The van der Waals surface area contributed by atoms with Gasteiger partial charge in [-0.2, -0.15) is 0 Å². The van der Waals surface area contributed by atoms with Crippen LogP contribution in [0.4, 0.5) is 0 Å². The van der Waals surface area contributed by atoms with Crippen LogP contribution in [0.5, 0.6) is 0 Å². The molecule has 0 aromatic carbocycles. The monoisotopic (exact) mass is 714 g/mol. The number of aliphatic hydroxyl groups is 4. The van der Waals surface area contributed by atoms with Gasteiger partial charge < -0.3 is 29.9 Å². The van der Waals surface area contributed by atoms with Crippen LogP contribution in [0.1, 0.15) is 102 Å². The highest BCUT2D eigenvalue weighted by atomic mass is 16.7. The molecule has 1 fully saturated rings. The molecule has 1 saturated heterocycles. The summed E-state index contributed by atoms with van der Waals surface area (Å²) in [5.74, 6) is 0. The molecule has 0 radical (unpaired) electrons. The molecule has 0 saturated carbocycles. The van der Waals surface area contributed by atoms with E-state index < -0.39 is 30.7 Å². The largest absolute Gasteiger partial charge is 0.393 e. The number of ether oxygens (including phenoxy) is 2. The zero-order valence-electron chi connectivity index (χ0n) is 33.6. The Morgan fingerprint density at radius 1 is 0.615 bits per heavy atom. The molecule has 2 aliphatic carbocycles. The first-order valence-electron chi connectivity index (χ1n) is 18.8. The molecule has 3 aliphatic rings. The summed E-state index contributed by atoms with van der Waals surface area (Å²) < 4.78 is 11.8. The molecule has 6 nitrogen and oxygen atoms in total. The number of hydrogen-bond donors (Lipinski definition) is 4. The molecule has 1 aliphatic heterocycles. The minimum Gasteiger partial charge on any atom is -0.393 e. The zero-order valence-corrected chi connectivity index (χ0v) is 33.6. The van der Waals surface area contributed by atoms with E-state index in [9.17, 15) is 20.4 Å². The van der Waals surface area contributed by atoms with Crippen LogP contribution in [0.15, 0.2) is 130 Å². The second kappa shape index (κ2) is 19.3. The quantitative estimate of drug-likeness (QED) is 0.150. The summed E-state index contributed by atoms with van der Waals surface area (Å²) in [6.07, 6.45) is 26.9. The van der Waals surface area contributed by atoms with Gasteiger partial charge in [-0.05, 0) is 96.1 Å². The number of hydrogen-bond acceptors (Lipinski definition) is 6. The fourth-order valence-corrected chi connectivity index (χ4v) is 7.51. The van der Waals surface area contributed by atoms with Crippen LogP contribution < -0.4 is 0 Å². The molecule has 6 heteroatoms. The molecular formula is C46H66O6. The topological polar surface area (TPSA) is 99.4 Å². The van der Waals surface area contributed by atoms with Gasteiger partial charge in [-0.3, -0.25) is 0 Å². The lowest BCUT2D eigenvalue weighted by molar-refractivity contribution is -0.305. The van der Waals surface area contributed by atoms with Crippen LogP contribution in [-0.4, -0.2) is 63.3 Å². The maximum atomic E-state index is 10.4. The highest BCUT2D eigenvalue weighted by molar-refractivity contribution is 5.39. The van der Waals surface area contributed by atoms with Gasteiger partial charge in [0.25, 0.3) is 0 Å². The molecule has 7 atom stereocenters. The zero-order chi connectivity index (χ0) is 38.8. The molecular weight excluding hydrogens is 649 g/mol. The van der Waals surface area contributed by atoms with Crippen molar-refractivity contribution >= 4 is 0 Å². The molecule has 52 heavy (non-hydrogen) atoms. The van der Waals surface area contributed by atoms with Gasteiger partial charge in [0.2, 0.25) is 0 Å². The highest BCUT2D eigenvalue weighted by Crippen LogP contribution is 2.43. The molecule has 0 amide bonds. The minimum absolute atomic E-state index is 0.0120. The summed E-state index contributed by atoms with van der Waals surface area (Å²) in [6.45, 7) is 23.1. The molecule has 286 valence electrons. The van der Waals surface area contributed by atoms with Crippen LogP contribution in [0, 0.1) is 10.8 Å². The Bertz CT molecular complexity index is 1580. The Morgan fingerprint density at radius 2 is 1.06 bits per heavy atom. The first-order valence-corrected chi connectivity index (χ1v) is 18.8. The Kier molecular flexibility index (Phi) is 16.1. The molecule has 4 N–H and O–H groups in total. The Hall–Kier alpha value is -3.10. The smallest absolute Gasteiger partial charge is 0.186 e. The van der Waals surface area contributed by atoms with Crippen molar-refractivity contribution in [1.29, 1.82) is 0 Å². The van der Waals surface area contributed by atoms with E-state index in [0.29, 0.717) is 6.42 Å². The van der Waals surface area contributed by atoms with Crippen LogP contribution >= 0.6 is 0 Å². The van der Waals surface area contributed by atoms with E-state index in [0.717, 1.165) is 30.4 Å². The van der Waals surface area contributed by atoms with Crippen molar-refractivity contribution in [2.24, 2.45) is 10.8 Å². The minimum atomic E-state index is -1.30. The van der Waals surface area contributed by atoms with E-state index >= 15 is 0 Å². The van der Waals surface area contributed by atoms with E-state index in [1.54, 1.807) is 6.92 Å². The van der Waals surface area contributed by atoms with E-state index in [-0.39, 0.29) is 23.0 Å². The average molecular weight is 715 g/mol. The molecule has 0 aromatic heterocycles. The van der Waals surface area contributed by atoms with Crippen molar-refractivity contribution in [3.05, 3.63) is 130 Å². The normalized spacial score (nSPS) is 31.5. The van der Waals surface area contributed by atoms with Gasteiger partial charge >= 0.3 is 0 Å². The molecule has 0 spiro atoms. The Labute approximate surface area is 314 Å². The van der Waals surface area contributed by atoms with Gasteiger partial charge in [0.1, 0.15) is 18.3 Å². The van der Waals surface area contributed by atoms with Crippen LogP contribution in [0.25, 0.3) is 0 Å². The number of rotatable bonds is 12. The summed E-state index contributed by atoms with van der Waals surface area (Å²) in [7, 11) is 0. The molecule has 3 rings (SSSR count). The second-order valence-corrected chi connectivity index (χ2v) is 16.5. The van der Waals surface area contributed by atoms with E-state index in [1.165, 1.54) is 33.4 Å². The third-order valence-corrected chi connectivity index (χ3v) is 10.4. The molecule has 0 aromatic rings. The van der Waals surface area contributed by atoms with Gasteiger partial charge in [0, 0.05) is 0 Å². The maximum Gasteiger partial charge on any atom is 0.186 e. The molecule has 0 unspecified atom stereocenters. The number of aliphatic hydroxyl groups excluding tert-OH is 4. The fourth-order valence-electron chi connectivity index (χ4n) is 7.51. The Morgan fingerprint density at radius 3 is 1.54 bits per heavy atom. The van der Waals surface area contributed by atoms with Crippen molar-refractivity contribution in [3.8, 4) is 0 Å². The lowest BCUT2D eigenvalue weighted by Crippen LogP contribution is -2.58. The van der Waals surface area contributed by atoms with E-state index in [4.69, 9.17) is 9.47 Å². The molecule has 0 bridgehead atoms. The lowest BCUT2D eigenvalue weighted by atomic mass is 9.71. The van der Waals surface area contributed by atoms with Crippen molar-refractivity contribution in [1.82, 2.24) is 0 Å². The fraction of sp³-hybridized carbons (Fsp3) is 0.522. The van der Waals surface area contributed by atoms with E-state index in [2.05, 4.69) is 154 Å². The SMILES string of the molecule is CC1=C(/C=C/C(C)=C/C=C/C(C)=C/C=C\C=C(C)\C=C\C=C(C)\C=C\C2=C(C)C[C@@H](O[C@H]3O[C@@H](C)[C@H](O)[C@@H](O)[C@H]3O)CC2(C)C)C(C)(C)C[C@H](O)C1. The van der Waals surface area contributed by atoms with Crippen LogP contribution in [0.2, 0.25) is 0 Å². The predicted octanol–water partition coefficient (Wildman–Crippen LogP) is 9.40. The lowest BCUT2D eigenvalue weighted by Gasteiger charge is -2.43. The highest BCUT2D eigenvalue weighted by Gasteiger charge is 2.44. The number of allylic oxidation sites excluding steroid dienone is 20. The maximum absolute atomic E-state index is 10.4. The summed E-state index contributed by atoms with van der Waals surface area (Å²) in [4.78, 5) is 0. The third kappa shape index (κ3) is 12.8. The summed E-state index contributed by atoms with van der Waals surface area (Å²) in [6, 6.07) is 0. The van der Waals surface area contributed by atoms with Crippen molar-refractivity contribution in [2.45, 2.75) is 145 Å². The summed E-state index contributed by atoms with van der Waals surface area (Å²) >= 11 is 0. The molecule has 1 heterocycles. The van der Waals surface area contributed by atoms with Gasteiger partial charge in [0.15, 0.2) is 6.29 Å². The van der Waals surface area contributed by atoms with Crippen LogP contribution in [0.3, 0.4) is 0 Å². The standard InChI is InChI=1S/C46H66O6/c1-30(18-14-20-32(3)22-24-39-34(5)26-37(47)28-45(39,8)9)16-12-13-17-31(2)19-15-21-33(4)23-25-40-35(6)27-38(29-46(40,10)11)52-44-43(50)42(49)41(48)36(7)51-44/h12-25,36-38,41-44,47-50H,26-29H2,1-11H3/b13-12-,18-14+,19-15+,24-22+,25-23+,30-16+,31-17+,32-20+,33-21+/t36-,37+,38+,41-,42+,43+,44+/m0/s1.